The summed E-state index contributed by atoms with van der Waals surface area (Å²) >= 11 is 2.91. The van der Waals surface area contributed by atoms with Gasteiger partial charge in [-0.25, -0.2) is 0 Å². The second kappa shape index (κ2) is 8.61. The van der Waals surface area contributed by atoms with Gasteiger partial charge < -0.3 is 15.2 Å². The van der Waals surface area contributed by atoms with E-state index in [4.69, 9.17) is 5.73 Å². The molecule has 156 valence electrons. The van der Waals surface area contributed by atoms with E-state index in [9.17, 15) is 9.59 Å². The lowest BCUT2D eigenvalue weighted by atomic mass is 10.1. The molecule has 3 aromatic rings. The topological polar surface area (TPSA) is 94.1 Å². The molecule has 1 aliphatic rings. The second-order valence-corrected chi connectivity index (χ2v) is 9.56. The summed E-state index contributed by atoms with van der Waals surface area (Å²) in [5, 5.41) is 10.9. The van der Waals surface area contributed by atoms with Crippen molar-refractivity contribution in [3.8, 4) is 10.7 Å². The number of primary amides is 1. The number of hydrogen-bond acceptors (Lipinski definition) is 6. The summed E-state index contributed by atoms with van der Waals surface area (Å²) in [6, 6.07) is 12.1. The number of para-hydroxylation sites is 1. The van der Waals surface area contributed by atoms with E-state index in [1.165, 1.54) is 17.3 Å². The third kappa shape index (κ3) is 3.99. The van der Waals surface area contributed by atoms with Crippen LogP contribution in [0, 0.1) is 0 Å². The molecule has 0 spiro atoms. The van der Waals surface area contributed by atoms with Crippen LogP contribution in [-0.2, 0) is 22.6 Å². The standard InChI is InChI=1S/C21H23N5O2S2/c1-13-12-15-6-3-4-7-16(15)26(13)20(28)14(2)30-21-24-23-19(17-8-5-11-29-17)25(21)10-9-18(22)27/h3-8,11,13-14H,9-10,12H2,1-2H3,(H2,22,27). The number of carbonyl (C=O) groups excluding carboxylic acids is 2. The Balaban J connectivity index is 1.58. The van der Waals surface area contributed by atoms with E-state index in [2.05, 4.69) is 23.2 Å². The number of hydrogen-bond donors (Lipinski definition) is 1. The minimum absolute atomic E-state index is 0.0413. The molecule has 9 heteroatoms. The van der Waals surface area contributed by atoms with E-state index in [1.54, 1.807) is 11.3 Å². The fraction of sp³-hybridized carbons (Fsp3) is 0.333. The van der Waals surface area contributed by atoms with Crippen LogP contribution in [0.5, 0.6) is 0 Å². The number of anilines is 1. The molecule has 2 unspecified atom stereocenters. The molecule has 1 aliphatic heterocycles. The Bertz CT molecular complexity index is 1060. The van der Waals surface area contributed by atoms with Gasteiger partial charge in [0.1, 0.15) is 0 Å². The van der Waals surface area contributed by atoms with Gasteiger partial charge in [0.05, 0.1) is 10.1 Å². The van der Waals surface area contributed by atoms with Crippen LogP contribution in [-0.4, -0.2) is 37.9 Å². The maximum absolute atomic E-state index is 13.3. The van der Waals surface area contributed by atoms with Crippen LogP contribution in [0.25, 0.3) is 10.7 Å². The summed E-state index contributed by atoms with van der Waals surface area (Å²) < 4.78 is 1.88. The smallest absolute Gasteiger partial charge is 0.240 e. The number of rotatable bonds is 7. The fourth-order valence-electron chi connectivity index (χ4n) is 3.69. The fourth-order valence-corrected chi connectivity index (χ4v) is 5.33. The zero-order valence-corrected chi connectivity index (χ0v) is 18.4. The van der Waals surface area contributed by atoms with Crippen molar-refractivity contribution in [2.24, 2.45) is 5.73 Å². The molecule has 2 atom stereocenters. The maximum atomic E-state index is 13.3. The van der Waals surface area contributed by atoms with Crippen molar-refractivity contribution in [2.45, 2.75) is 49.7 Å². The number of benzene rings is 1. The molecule has 0 saturated heterocycles. The summed E-state index contributed by atoms with van der Waals surface area (Å²) in [5.74, 6) is 0.344. The number of nitrogens with zero attached hydrogens (tertiary/aromatic N) is 4. The van der Waals surface area contributed by atoms with Crippen molar-refractivity contribution in [3.05, 3.63) is 47.3 Å². The molecular weight excluding hydrogens is 418 g/mol. The lowest BCUT2D eigenvalue weighted by molar-refractivity contribution is -0.119. The maximum Gasteiger partial charge on any atom is 0.240 e. The van der Waals surface area contributed by atoms with Crippen LogP contribution in [0.2, 0.25) is 0 Å². The van der Waals surface area contributed by atoms with Crippen molar-refractivity contribution in [1.82, 2.24) is 14.8 Å². The summed E-state index contributed by atoms with van der Waals surface area (Å²) in [7, 11) is 0. The molecule has 0 aliphatic carbocycles. The first-order chi connectivity index (χ1) is 14.5. The Morgan fingerprint density at radius 3 is 2.80 bits per heavy atom. The molecule has 30 heavy (non-hydrogen) atoms. The summed E-state index contributed by atoms with van der Waals surface area (Å²) in [6.07, 6.45) is 1.04. The highest BCUT2D eigenvalue weighted by Gasteiger charge is 2.34. The molecule has 1 aromatic carbocycles. The van der Waals surface area contributed by atoms with E-state index < -0.39 is 0 Å². The largest absolute Gasteiger partial charge is 0.370 e. The minimum Gasteiger partial charge on any atom is -0.370 e. The zero-order chi connectivity index (χ0) is 21.3. The summed E-state index contributed by atoms with van der Waals surface area (Å²) in [4.78, 5) is 27.5. The number of amides is 2. The Kier molecular flexibility index (Phi) is 5.92. The van der Waals surface area contributed by atoms with Crippen LogP contribution < -0.4 is 10.6 Å². The van der Waals surface area contributed by atoms with Crippen LogP contribution in [0.15, 0.2) is 46.9 Å². The number of fused-ring (bicyclic) bond motifs is 1. The Morgan fingerprint density at radius 2 is 2.07 bits per heavy atom. The number of nitrogens with two attached hydrogens (primary N) is 1. The molecular formula is C21H23N5O2S2. The van der Waals surface area contributed by atoms with Crippen LogP contribution in [0.4, 0.5) is 5.69 Å². The van der Waals surface area contributed by atoms with Crippen molar-refractivity contribution < 1.29 is 9.59 Å². The van der Waals surface area contributed by atoms with Gasteiger partial charge in [0, 0.05) is 24.7 Å². The molecule has 0 radical (unpaired) electrons. The second-order valence-electron chi connectivity index (χ2n) is 7.30. The van der Waals surface area contributed by atoms with Crippen molar-refractivity contribution >= 4 is 40.6 Å². The lowest BCUT2D eigenvalue weighted by Crippen LogP contribution is -2.40. The zero-order valence-electron chi connectivity index (χ0n) is 16.8. The van der Waals surface area contributed by atoms with Gasteiger partial charge in [0.15, 0.2) is 11.0 Å². The van der Waals surface area contributed by atoms with Crippen LogP contribution in [0.3, 0.4) is 0 Å². The third-order valence-electron chi connectivity index (χ3n) is 5.11. The van der Waals surface area contributed by atoms with Gasteiger partial charge in [-0.05, 0) is 43.3 Å². The van der Waals surface area contributed by atoms with Gasteiger partial charge in [-0.1, -0.05) is 36.0 Å². The molecule has 3 heterocycles. The first kappa shape index (κ1) is 20.6. The van der Waals surface area contributed by atoms with Gasteiger partial charge in [-0.3, -0.25) is 9.59 Å². The van der Waals surface area contributed by atoms with Gasteiger partial charge in [0.2, 0.25) is 11.8 Å². The highest BCUT2D eigenvalue weighted by Crippen LogP contribution is 2.35. The molecule has 7 nitrogen and oxygen atoms in total. The lowest BCUT2D eigenvalue weighted by Gasteiger charge is -2.25. The number of carbonyl (C=O) groups is 2. The van der Waals surface area contributed by atoms with Gasteiger partial charge in [-0.2, -0.15) is 0 Å². The monoisotopic (exact) mass is 441 g/mol. The number of aromatic nitrogens is 3. The van der Waals surface area contributed by atoms with Crippen molar-refractivity contribution in [2.75, 3.05) is 4.90 Å². The average molecular weight is 442 g/mol. The average Bonchev–Trinajstić information content (AvgIpc) is 3.43. The molecule has 2 amide bonds. The SMILES string of the molecule is CC(Sc1nnc(-c2cccs2)n1CCC(N)=O)C(=O)N1c2ccccc2CC1C. The predicted octanol–water partition coefficient (Wildman–Crippen LogP) is 3.34. The van der Waals surface area contributed by atoms with E-state index in [0.29, 0.717) is 17.5 Å². The summed E-state index contributed by atoms with van der Waals surface area (Å²) in [5.41, 5.74) is 7.54. The van der Waals surface area contributed by atoms with E-state index in [1.807, 2.05) is 52.1 Å². The molecule has 2 N–H and O–H groups in total. The predicted molar refractivity (Wildman–Crippen MR) is 120 cm³/mol. The van der Waals surface area contributed by atoms with Crippen molar-refractivity contribution in [3.63, 3.8) is 0 Å². The Morgan fingerprint density at radius 1 is 1.27 bits per heavy atom. The van der Waals surface area contributed by atoms with Crippen LogP contribution in [0.1, 0.15) is 25.8 Å². The van der Waals surface area contributed by atoms with E-state index in [0.717, 1.165) is 17.0 Å². The normalized spacial score (nSPS) is 16.5. The van der Waals surface area contributed by atoms with Gasteiger partial charge in [-0.15, -0.1) is 21.5 Å². The first-order valence-corrected chi connectivity index (χ1v) is 11.5. The number of thiophene rings is 1. The molecule has 4 rings (SSSR count). The molecule has 2 aromatic heterocycles. The van der Waals surface area contributed by atoms with Crippen LogP contribution >= 0.6 is 23.1 Å². The van der Waals surface area contributed by atoms with Crippen molar-refractivity contribution in [1.29, 1.82) is 0 Å². The summed E-state index contributed by atoms with van der Waals surface area (Å²) in [6.45, 7) is 4.33. The molecule has 0 fully saturated rings. The Hall–Kier alpha value is -2.65. The van der Waals surface area contributed by atoms with Gasteiger partial charge >= 0.3 is 0 Å². The highest BCUT2D eigenvalue weighted by molar-refractivity contribution is 8.00. The first-order valence-electron chi connectivity index (χ1n) is 9.78. The highest BCUT2D eigenvalue weighted by atomic mass is 32.2. The molecule has 0 bridgehead atoms. The number of thioether (sulfide) groups is 1. The Labute approximate surface area is 183 Å². The van der Waals surface area contributed by atoms with Gasteiger partial charge in [0.25, 0.3) is 0 Å². The molecule has 0 saturated carbocycles. The van der Waals surface area contributed by atoms with E-state index >= 15 is 0 Å². The quantitative estimate of drug-likeness (QED) is 0.568. The van der Waals surface area contributed by atoms with E-state index in [-0.39, 0.29) is 29.5 Å². The third-order valence-corrected chi connectivity index (χ3v) is 7.05. The minimum atomic E-state index is -0.386.